The fourth-order valence-electron chi connectivity index (χ4n) is 2.53. The summed E-state index contributed by atoms with van der Waals surface area (Å²) in [6.07, 6.45) is 0. The number of amides is 1. The molecule has 6 nitrogen and oxygen atoms in total. The highest BCUT2D eigenvalue weighted by Gasteiger charge is 2.31. The number of aliphatic imine (C=N–C) groups is 1. The van der Waals surface area contributed by atoms with Crippen molar-refractivity contribution in [3.63, 3.8) is 0 Å². The largest absolute Gasteiger partial charge is 0.340 e. The molecule has 24 heavy (non-hydrogen) atoms. The Morgan fingerprint density at radius 2 is 2.08 bits per heavy atom. The highest BCUT2D eigenvalue weighted by atomic mass is 32.2. The molecule has 1 N–H and O–H groups in total. The lowest BCUT2D eigenvalue weighted by Crippen LogP contribution is -2.35. The molecule has 1 aliphatic rings. The molecule has 0 radical (unpaired) electrons. The predicted octanol–water partition coefficient (Wildman–Crippen LogP) is 1.83. The molecule has 0 fully saturated rings. The second kappa shape index (κ2) is 6.37. The minimum Gasteiger partial charge on any atom is -0.340 e. The van der Waals surface area contributed by atoms with Crippen LogP contribution < -0.4 is 4.72 Å². The van der Waals surface area contributed by atoms with Gasteiger partial charge in [-0.1, -0.05) is 12.1 Å². The molecule has 1 amide bonds. The molecule has 0 aliphatic carbocycles. The Morgan fingerprint density at radius 1 is 1.33 bits per heavy atom. The van der Waals surface area contributed by atoms with Crippen molar-refractivity contribution in [3.05, 3.63) is 52.2 Å². The van der Waals surface area contributed by atoms with Crippen LogP contribution in [-0.2, 0) is 21.4 Å². The molecule has 2 heterocycles. The molecule has 0 spiro atoms. The van der Waals surface area contributed by atoms with E-state index in [4.69, 9.17) is 0 Å². The van der Waals surface area contributed by atoms with E-state index >= 15 is 0 Å². The second-order valence-electron chi connectivity index (χ2n) is 5.58. The number of hydrogen-bond acceptors (Lipinski definition) is 5. The number of carbonyl (C=O) groups is 1. The molecular weight excluding hydrogens is 346 g/mol. The zero-order valence-electron chi connectivity index (χ0n) is 13.3. The van der Waals surface area contributed by atoms with Gasteiger partial charge < -0.3 is 4.90 Å². The smallest absolute Gasteiger partial charge is 0.263 e. The van der Waals surface area contributed by atoms with Gasteiger partial charge in [0, 0.05) is 19.2 Å². The fraction of sp³-hybridized carbons (Fsp3) is 0.250. The normalized spacial score (nSPS) is 18.0. The number of likely N-dealkylation sites (N-methyl/N-ethyl adjacent to an activating group) is 1. The van der Waals surface area contributed by atoms with Crippen LogP contribution in [0, 0.1) is 0 Å². The first-order valence-electron chi connectivity index (χ1n) is 7.34. The third kappa shape index (κ3) is 3.20. The molecule has 126 valence electrons. The SMILES string of the molecule is C[C@H](N=C1NS(=O)(=O)c2ccccc21)C(=O)N(C)Cc1ccsc1. The van der Waals surface area contributed by atoms with Gasteiger partial charge in [-0.05, 0) is 41.4 Å². The van der Waals surface area contributed by atoms with Crippen LogP contribution in [0.4, 0.5) is 0 Å². The van der Waals surface area contributed by atoms with Crippen molar-refractivity contribution < 1.29 is 13.2 Å². The molecule has 0 saturated carbocycles. The Bertz CT molecular complexity index is 889. The molecule has 2 aromatic rings. The number of nitrogens with one attached hydrogen (secondary N) is 1. The summed E-state index contributed by atoms with van der Waals surface area (Å²) in [6.45, 7) is 2.16. The number of rotatable bonds is 4. The Hall–Kier alpha value is -2.19. The number of hydrogen-bond donors (Lipinski definition) is 1. The molecule has 0 bridgehead atoms. The molecule has 8 heteroatoms. The summed E-state index contributed by atoms with van der Waals surface area (Å²) in [7, 11) is -1.88. The van der Waals surface area contributed by atoms with Crippen molar-refractivity contribution in [2.45, 2.75) is 24.4 Å². The van der Waals surface area contributed by atoms with Crippen LogP contribution >= 0.6 is 11.3 Å². The van der Waals surface area contributed by atoms with Gasteiger partial charge in [0.05, 0.1) is 4.90 Å². The average Bonchev–Trinajstić information content (AvgIpc) is 3.14. The number of nitrogens with zero attached hydrogens (tertiary/aromatic N) is 2. The minimum absolute atomic E-state index is 0.169. The van der Waals surface area contributed by atoms with Crippen LogP contribution in [0.5, 0.6) is 0 Å². The summed E-state index contributed by atoms with van der Waals surface area (Å²) in [5.74, 6) is 0.0488. The lowest BCUT2D eigenvalue weighted by molar-refractivity contribution is -0.131. The summed E-state index contributed by atoms with van der Waals surface area (Å²) in [6, 6.07) is 7.88. The lowest BCUT2D eigenvalue weighted by Gasteiger charge is -2.19. The topological polar surface area (TPSA) is 78.8 Å². The van der Waals surface area contributed by atoms with Crippen molar-refractivity contribution in [3.8, 4) is 0 Å². The highest BCUT2D eigenvalue weighted by Crippen LogP contribution is 2.22. The second-order valence-corrected chi connectivity index (χ2v) is 8.01. The van der Waals surface area contributed by atoms with Crippen LogP contribution in [0.2, 0.25) is 0 Å². The van der Waals surface area contributed by atoms with Crippen molar-refractivity contribution in [2.75, 3.05) is 7.05 Å². The third-order valence-corrected chi connectivity index (χ3v) is 5.85. The molecule has 1 aromatic carbocycles. The maximum Gasteiger partial charge on any atom is 0.263 e. The van der Waals surface area contributed by atoms with E-state index in [1.807, 2.05) is 16.8 Å². The summed E-state index contributed by atoms with van der Waals surface area (Å²) in [5, 5.41) is 3.95. The van der Waals surface area contributed by atoms with Gasteiger partial charge in [-0.3, -0.25) is 14.5 Å². The maximum absolute atomic E-state index is 12.5. The Balaban J connectivity index is 1.80. The van der Waals surface area contributed by atoms with E-state index in [1.165, 1.54) is 6.07 Å². The zero-order chi connectivity index (χ0) is 17.3. The van der Waals surface area contributed by atoms with Crippen LogP contribution in [0.3, 0.4) is 0 Å². The third-order valence-electron chi connectivity index (χ3n) is 3.72. The lowest BCUT2D eigenvalue weighted by atomic mass is 10.2. The molecule has 1 atom stereocenters. The van der Waals surface area contributed by atoms with E-state index in [-0.39, 0.29) is 16.6 Å². The maximum atomic E-state index is 12.5. The van der Waals surface area contributed by atoms with E-state index < -0.39 is 16.1 Å². The van der Waals surface area contributed by atoms with Crippen molar-refractivity contribution >= 4 is 33.1 Å². The molecule has 3 rings (SSSR count). The predicted molar refractivity (Wildman–Crippen MR) is 93.6 cm³/mol. The Morgan fingerprint density at radius 3 is 2.79 bits per heavy atom. The van der Waals surface area contributed by atoms with Crippen molar-refractivity contribution in [2.24, 2.45) is 4.99 Å². The van der Waals surface area contributed by atoms with E-state index in [2.05, 4.69) is 9.71 Å². The number of carbonyl (C=O) groups excluding carboxylic acids is 1. The zero-order valence-corrected chi connectivity index (χ0v) is 14.9. The minimum atomic E-state index is -3.59. The van der Waals surface area contributed by atoms with Gasteiger partial charge >= 0.3 is 0 Å². The monoisotopic (exact) mass is 363 g/mol. The molecule has 1 aliphatic heterocycles. The molecule has 0 unspecified atom stereocenters. The fourth-order valence-corrected chi connectivity index (χ4v) is 4.43. The molecule has 1 aromatic heterocycles. The van der Waals surface area contributed by atoms with Gasteiger partial charge in [-0.25, -0.2) is 8.42 Å². The van der Waals surface area contributed by atoms with Crippen molar-refractivity contribution in [1.82, 2.24) is 9.62 Å². The first-order chi connectivity index (χ1) is 11.4. The highest BCUT2D eigenvalue weighted by molar-refractivity contribution is 7.90. The van der Waals surface area contributed by atoms with Gasteiger partial charge in [0.15, 0.2) is 0 Å². The average molecular weight is 363 g/mol. The summed E-state index contributed by atoms with van der Waals surface area (Å²) in [5.41, 5.74) is 1.56. The quantitative estimate of drug-likeness (QED) is 0.900. The summed E-state index contributed by atoms with van der Waals surface area (Å²) >= 11 is 1.58. The van der Waals surface area contributed by atoms with Gasteiger partial charge in [-0.15, -0.1) is 0 Å². The van der Waals surface area contributed by atoms with E-state index in [1.54, 1.807) is 48.4 Å². The first kappa shape index (κ1) is 16.7. The first-order valence-corrected chi connectivity index (χ1v) is 9.77. The van der Waals surface area contributed by atoms with E-state index in [9.17, 15) is 13.2 Å². The van der Waals surface area contributed by atoms with Gasteiger partial charge in [0.2, 0.25) is 5.91 Å². The van der Waals surface area contributed by atoms with Crippen LogP contribution in [0.25, 0.3) is 0 Å². The van der Waals surface area contributed by atoms with Gasteiger partial charge in [-0.2, -0.15) is 11.3 Å². The molecular formula is C16H17N3O3S2. The number of benzene rings is 1. The van der Waals surface area contributed by atoms with E-state index in [0.717, 1.165) is 5.56 Å². The van der Waals surface area contributed by atoms with Crippen LogP contribution in [0.15, 0.2) is 51.0 Å². The number of thiophene rings is 1. The Kier molecular flexibility index (Phi) is 4.42. The Labute approximate surface area is 144 Å². The van der Waals surface area contributed by atoms with Gasteiger partial charge in [0.1, 0.15) is 11.9 Å². The summed E-state index contributed by atoms with van der Waals surface area (Å²) < 4.78 is 26.6. The molecule has 0 saturated heterocycles. The summed E-state index contributed by atoms with van der Waals surface area (Å²) in [4.78, 5) is 18.6. The number of fused-ring (bicyclic) bond motifs is 1. The van der Waals surface area contributed by atoms with E-state index in [0.29, 0.717) is 12.1 Å². The standard InChI is InChI=1S/C16H17N3O3S2/c1-11(16(20)19(2)9-12-7-8-23-10-12)17-15-13-5-3-4-6-14(13)24(21,22)18-15/h3-8,10-11H,9H2,1-2H3,(H,17,18)/t11-/m0/s1. The number of amidine groups is 1. The van der Waals surface area contributed by atoms with Crippen LogP contribution in [0.1, 0.15) is 18.1 Å². The number of sulfonamides is 1. The van der Waals surface area contributed by atoms with Crippen molar-refractivity contribution in [1.29, 1.82) is 0 Å². The van der Waals surface area contributed by atoms with Crippen LogP contribution in [-0.4, -0.2) is 38.2 Å². The van der Waals surface area contributed by atoms with Gasteiger partial charge in [0.25, 0.3) is 10.0 Å².